The number of aliphatic hydroxyl groups is 1. The van der Waals surface area contributed by atoms with E-state index in [0.717, 1.165) is 30.7 Å². The fourth-order valence-electron chi connectivity index (χ4n) is 4.04. The lowest BCUT2D eigenvalue weighted by molar-refractivity contribution is -0.0942. The van der Waals surface area contributed by atoms with Gasteiger partial charge in [0, 0.05) is 29.4 Å². The molecule has 1 unspecified atom stereocenters. The molecule has 3 rings (SSSR count). The molecule has 11 heteroatoms. The third-order valence-corrected chi connectivity index (χ3v) is 7.27. The molecule has 184 valence electrons. The number of nitrogens with zero attached hydrogens (tertiary/aromatic N) is 1. The molecule has 1 fully saturated rings. The van der Waals surface area contributed by atoms with Gasteiger partial charge in [-0.15, -0.1) is 0 Å². The smallest absolute Gasteiger partial charge is 0.412 e. The fourth-order valence-corrected chi connectivity index (χ4v) is 4.68. The number of likely N-dealkylation sites (tertiary alicyclic amines) is 1. The minimum absolute atomic E-state index is 0.0545. The van der Waals surface area contributed by atoms with Gasteiger partial charge in [0.05, 0.1) is 11.8 Å². The van der Waals surface area contributed by atoms with Crippen molar-refractivity contribution in [2.24, 2.45) is 0 Å². The minimum Gasteiger partial charge on any atom is -0.491 e. The van der Waals surface area contributed by atoms with Gasteiger partial charge in [0.15, 0.2) is 0 Å². The highest BCUT2D eigenvalue weighted by Crippen LogP contribution is 2.36. The van der Waals surface area contributed by atoms with Gasteiger partial charge in [-0.3, -0.25) is 0 Å². The second kappa shape index (κ2) is 10.0. The predicted octanol–water partition coefficient (Wildman–Crippen LogP) is 4.07. The van der Waals surface area contributed by atoms with Crippen LogP contribution in [0.3, 0.4) is 0 Å². The summed E-state index contributed by atoms with van der Waals surface area (Å²) in [5.74, 6) is -0.816. The van der Waals surface area contributed by atoms with Crippen molar-refractivity contribution in [3.63, 3.8) is 0 Å². The van der Waals surface area contributed by atoms with Crippen molar-refractivity contribution < 1.29 is 35.8 Å². The average Bonchev–Trinajstić information content (AvgIpc) is 3.21. The molecule has 6 nitrogen and oxygen atoms in total. The summed E-state index contributed by atoms with van der Waals surface area (Å²) < 4.78 is 84.3. The second-order valence-electron chi connectivity index (χ2n) is 8.21. The Hall–Kier alpha value is -2.11. The molecule has 1 aromatic carbocycles. The zero-order valence-electron chi connectivity index (χ0n) is 18.5. The average molecular weight is 493 g/mol. The lowest BCUT2D eigenvalue weighted by Gasteiger charge is -2.31. The molecule has 2 atom stereocenters. The number of rotatable bonds is 8. The number of benzene rings is 1. The topological polar surface area (TPSA) is 78.9 Å². The van der Waals surface area contributed by atoms with E-state index in [-0.39, 0.29) is 36.1 Å². The number of nitrogens with one attached hydrogen (secondary N) is 1. The van der Waals surface area contributed by atoms with E-state index in [1.807, 2.05) is 9.62 Å². The Kier molecular flexibility index (Phi) is 7.75. The summed E-state index contributed by atoms with van der Waals surface area (Å²) in [4.78, 5) is 2.05. The maximum atomic E-state index is 14.6. The van der Waals surface area contributed by atoms with Gasteiger partial charge >= 0.3 is 6.18 Å². The molecule has 0 radical (unpaired) electrons. The van der Waals surface area contributed by atoms with Crippen molar-refractivity contribution in [2.75, 3.05) is 18.9 Å². The van der Waals surface area contributed by atoms with Gasteiger partial charge in [0.25, 0.3) is 0 Å². The van der Waals surface area contributed by atoms with Crippen molar-refractivity contribution in [3.8, 4) is 5.75 Å². The largest absolute Gasteiger partial charge is 0.491 e. The maximum absolute atomic E-state index is 14.6. The molecule has 0 bridgehead atoms. The number of hydrogen-bond acceptors (Lipinski definition) is 5. The van der Waals surface area contributed by atoms with E-state index >= 15 is 0 Å². The third-order valence-electron chi connectivity index (χ3n) is 5.93. The molecular formula is C22H28F4N2O4S. The van der Waals surface area contributed by atoms with Crippen LogP contribution in [0.1, 0.15) is 50.0 Å². The molecule has 0 aromatic heterocycles. The van der Waals surface area contributed by atoms with E-state index in [2.05, 4.69) is 0 Å². The molecule has 1 aliphatic carbocycles. The first-order chi connectivity index (χ1) is 15.4. The molecule has 0 saturated carbocycles. The van der Waals surface area contributed by atoms with Crippen LogP contribution in [0.4, 0.5) is 17.6 Å². The second-order valence-corrected chi connectivity index (χ2v) is 10.3. The Labute approximate surface area is 191 Å². The van der Waals surface area contributed by atoms with E-state index in [9.17, 15) is 31.1 Å². The lowest BCUT2D eigenvalue weighted by Crippen LogP contribution is -2.34. The summed E-state index contributed by atoms with van der Waals surface area (Å²) >= 11 is 0. The maximum Gasteiger partial charge on any atom is 0.412 e. The summed E-state index contributed by atoms with van der Waals surface area (Å²) in [6.07, 6.45) is -1.48. The Morgan fingerprint density at radius 2 is 2.00 bits per heavy atom. The Morgan fingerprint density at radius 3 is 2.61 bits per heavy atom. The molecule has 1 saturated heterocycles. The van der Waals surface area contributed by atoms with E-state index in [4.69, 9.17) is 4.74 Å². The Balaban J connectivity index is 1.68. The first kappa shape index (κ1) is 25.5. The quantitative estimate of drug-likeness (QED) is 0.423. The molecular weight excluding hydrogens is 464 g/mol. The number of halogens is 4. The van der Waals surface area contributed by atoms with Crippen LogP contribution in [0.2, 0.25) is 0 Å². The van der Waals surface area contributed by atoms with Crippen LogP contribution in [0.15, 0.2) is 35.6 Å². The van der Waals surface area contributed by atoms with Crippen molar-refractivity contribution in [2.45, 2.75) is 58.0 Å². The van der Waals surface area contributed by atoms with Gasteiger partial charge in [-0.05, 0) is 57.2 Å². The zero-order chi connectivity index (χ0) is 24.4. The number of allylic oxidation sites excluding steroid dienone is 4. The van der Waals surface area contributed by atoms with E-state index in [1.54, 1.807) is 6.92 Å². The Bertz CT molecular complexity index is 1040. The number of sulfonamides is 1. The van der Waals surface area contributed by atoms with Gasteiger partial charge in [-0.2, -0.15) is 17.9 Å². The van der Waals surface area contributed by atoms with Gasteiger partial charge in [0.2, 0.25) is 10.0 Å². The molecule has 1 heterocycles. The van der Waals surface area contributed by atoms with Crippen molar-refractivity contribution in [1.29, 1.82) is 0 Å². The molecule has 1 aliphatic heterocycles. The van der Waals surface area contributed by atoms with Crippen LogP contribution in [0.25, 0.3) is 0 Å². The van der Waals surface area contributed by atoms with E-state index in [0.29, 0.717) is 18.5 Å². The van der Waals surface area contributed by atoms with Gasteiger partial charge < -0.3 is 14.7 Å². The lowest BCUT2D eigenvalue weighted by atomic mass is 10.0. The molecule has 1 aromatic rings. The Morgan fingerprint density at radius 1 is 1.27 bits per heavy atom. The highest BCUT2D eigenvalue weighted by molar-refractivity contribution is 7.89. The molecule has 2 aliphatic rings. The van der Waals surface area contributed by atoms with Crippen molar-refractivity contribution in [1.82, 2.24) is 9.62 Å². The first-order valence-electron chi connectivity index (χ1n) is 10.8. The SMILES string of the molecule is CCS(=O)(=O)NC(O)c1cc(C)c(OC[C@H]2CCCN2C2=CC=C(C(F)(F)F)CC2)cc1F. The number of hydrogen-bond donors (Lipinski definition) is 2. The number of aliphatic hydroxyl groups excluding tert-OH is 1. The highest BCUT2D eigenvalue weighted by Gasteiger charge is 2.35. The predicted molar refractivity (Wildman–Crippen MR) is 115 cm³/mol. The molecule has 0 spiro atoms. The summed E-state index contributed by atoms with van der Waals surface area (Å²) in [5.41, 5.74) is 0.603. The standard InChI is InChI=1S/C22H28F4N2O4S/c1-3-33(30,31)27-21(29)18-11-14(2)20(12-19(18)23)32-13-17-5-4-10-28(17)16-8-6-15(7-9-16)22(24,25)26/h6,8,11-12,17,21,27,29H,3-5,7,9-10,13H2,1-2H3/t17-,21?/m1/s1. The molecule has 0 amide bonds. The number of ether oxygens (including phenoxy) is 1. The van der Waals surface area contributed by atoms with Crippen LogP contribution in [0.5, 0.6) is 5.75 Å². The van der Waals surface area contributed by atoms with Crippen LogP contribution in [0, 0.1) is 12.7 Å². The zero-order valence-corrected chi connectivity index (χ0v) is 19.3. The van der Waals surface area contributed by atoms with Crippen LogP contribution in [-0.2, 0) is 10.0 Å². The van der Waals surface area contributed by atoms with Gasteiger partial charge in [-0.1, -0.05) is 6.08 Å². The molecule has 33 heavy (non-hydrogen) atoms. The van der Waals surface area contributed by atoms with Gasteiger partial charge in [0.1, 0.15) is 24.4 Å². The summed E-state index contributed by atoms with van der Waals surface area (Å²) in [5, 5.41) is 10.1. The number of alkyl halides is 3. The minimum atomic E-state index is -4.31. The molecule has 2 N–H and O–H groups in total. The third kappa shape index (κ3) is 6.27. The van der Waals surface area contributed by atoms with E-state index in [1.165, 1.54) is 19.1 Å². The first-order valence-corrected chi connectivity index (χ1v) is 12.4. The summed E-state index contributed by atoms with van der Waals surface area (Å²) in [6, 6.07) is 2.37. The van der Waals surface area contributed by atoms with Crippen molar-refractivity contribution >= 4 is 10.0 Å². The normalized spacial score (nSPS) is 20.5. The van der Waals surface area contributed by atoms with Crippen molar-refractivity contribution in [3.05, 3.63) is 52.5 Å². The van der Waals surface area contributed by atoms with Crippen LogP contribution in [-0.4, -0.2) is 49.5 Å². The number of aryl methyl sites for hydroxylation is 1. The van der Waals surface area contributed by atoms with Gasteiger partial charge in [-0.25, -0.2) is 12.8 Å². The monoisotopic (exact) mass is 492 g/mol. The summed E-state index contributed by atoms with van der Waals surface area (Å²) in [6.45, 7) is 3.98. The van der Waals surface area contributed by atoms with Crippen LogP contribution >= 0.6 is 0 Å². The fraction of sp³-hybridized carbons (Fsp3) is 0.545. The highest BCUT2D eigenvalue weighted by atomic mass is 32.2. The van der Waals surface area contributed by atoms with E-state index < -0.39 is 33.8 Å². The summed E-state index contributed by atoms with van der Waals surface area (Å²) in [7, 11) is -3.73. The van der Waals surface area contributed by atoms with Crippen LogP contribution < -0.4 is 9.46 Å².